The Morgan fingerprint density at radius 3 is 2.47 bits per heavy atom. The molecule has 0 heterocycles. The molecule has 2 aliphatic rings. The third kappa shape index (κ3) is 3.30. The second kappa shape index (κ2) is 5.96. The number of nitrogens with two attached hydrogens (primary N) is 1. The summed E-state index contributed by atoms with van der Waals surface area (Å²) in [5, 5.41) is 0. The molecule has 3 nitrogen and oxygen atoms in total. The average Bonchev–Trinajstić information content (AvgIpc) is 3.23. The van der Waals surface area contributed by atoms with E-state index in [2.05, 4.69) is 12.8 Å². The molecule has 2 fully saturated rings. The lowest BCUT2D eigenvalue weighted by Crippen LogP contribution is -2.50. The van der Waals surface area contributed by atoms with Crippen molar-refractivity contribution in [2.24, 2.45) is 23.0 Å². The number of terminal acetylenes is 1. The maximum Gasteiger partial charge on any atom is 0.230 e. The van der Waals surface area contributed by atoms with Gasteiger partial charge in [-0.15, -0.1) is 6.42 Å². The van der Waals surface area contributed by atoms with Crippen LogP contribution in [0.2, 0.25) is 0 Å². The van der Waals surface area contributed by atoms with Crippen molar-refractivity contribution in [1.82, 2.24) is 4.90 Å². The van der Waals surface area contributed by atoms with Gasteiger partial charge in [-0.3, -0.25) is 4.79 Å². The number of carbonyl (C=O) groups excluding carboxylic acids is 1. The van der Waals surface area contributed by atoms with Crippen LogP contribution in [0.1, 0.15) is 45.4 Å². The molecule has 0 aromatic carbocycles. The third-order valence-electron chi connectivity index (χ3n) is 4.82. The highest BCUT2D eigenvalue weighted by Gasteiger charge is 2.43. The Morgan fingerprint density at radius 1 is 1.37 bits per heavy atom. The van der Waals surface area contributed by atoms with Crippen molar-refractivity contribution in [2.45, 2.75) is 45.4 Å². The predicted molar refractivity (Wildman–Crippen MR) is 77.3 cm³/mol. The summed E-state index contributed by atoms with van der Waals surface area (Å²) >= 11 is 0. The lowest BCUT2D eigenvalue weighted by Gasteiger charge is -2.40. The second-order valence-corrected chi connectivity index (χ2v) is 6.50. The molecule has 0 radical (unpaired) electrons. The summed E-state index contributed by atoms with van der Waals surface area (Å²) in [5.41, 5.74) is 5.63. The summed E-state index contributed by atoms with van der Waals surface area (Å²) in [7, 11) is 0. The van der Waals surface area contributed by atoms with Gasteiger partial charge in [-0.1, -0.05) is 12.8 Å². The first-order valence-electron chi connectivity index (χ1n) is 7.54. The highest BCUT2D eigenvalue weighted by molar-refractivity contribution is 5.83. The largest absolute Gasteiger partial charge is 0.331 e. The summed E-state index contributed by atoms with van der Waals surface area (Å²) in [4.78, 5) is 14.8. The van der Waals surface area contributed by atoms with Gasteiger partial charge in [0.15, 0.2) is 0 Å². The molecular formula is C16H26N2O. The molecule has 0 aliphatic heterocycles. The summed E-state index contributed by atoms with van der Waals surface area (Å²) in [5.74, 6) is 4.24. The van der Waals surface area contributed by atoms with Gasteiger partial charge in [0.25, 0.3) is 0 Å². The molecule has 0 aromatic heterocycles. The van der Waals surface area contributed by atoms with Gasteiger partial charge in [0.05, 0.1) is 12.0 Å². The average molecular weight is 262 g/mol. The van der Waals surface area contributed by atoms with Crippen molar-refractivity contribution in [2.75, 3.05) is 19.6 Å². The zero-order chi connectivity index (χ0) is 13.9. The lowest BCUT2D eigenvalue weighted by atomic mass is 9.70. The quantitative estimate of drug-likeness (QED) is 0.770. The summed E-state index contributed by atoms with van der Waals surface area (Å²) in [6.45, 7) is 3.99. The van der Waals surface area contributed by atoms with Gasteiger partial charge < -0.3 is 10.6 Å². The molecule has 1 amide bonds. The molecule has 2 N–H and O–H groups in total. The monoisotopic (exact) mass is 262 g/mol. The van der Waals surface area contributed by atoms with E-state index in [-0.39, 0.29) is 11.3 Å². The van der Waals surface area contributed by atoms with E-state index >= 15 is 0 Å². The van der Waals surface area contributed by atoms with Crippen molar-refractivity contribution in [1.29, 1.82) is 0 Å². The molecule has 2 saturated carbocycles. The van der Waals surface area contributed by atoms with Gasteiger partial charge in [-0.25, -0.2) is 0 Å². The van der Waals surface area contributed by atoms with Crippen LogP contribution in [0, 0.1) is 29.6 Å². The Labute approximate surface area is 116 Å². The summed E-state index contributed by atoms with van der Waals surface area (Å²) in [6, 6.07) is 0. The molecule has 106 valence electrons. The number of nitrogens with zero attached hydrogens (tertiary/aromatic N) is 1. The van der Waals surface area contributed by atoms with Crippen LogP contribution in [0.5, 0.6) is 0 Å². The number of rotatable bonds is 5. The molecule has 0 bridgehead atoms. The highest BCUT2D eigenvalue weighted by atomic mass is 16.2. The molecule has 19 heavy (non-hydrogen) atoms. The minimum Gasteiger partial charge on any atom is -0.331 e. The fourth-order valence-electron chi connectivity index (χ4n) is 3.10. The summed E-state index contributed by atoms with van der Waals surface area (Å²) < 4.78 is 0. The smallest absolute Gasteiger partial charge is 0.230 e. The van der Waals surface area contributed by atoms with Crippen molar-refractivity contribution in [3.63, 3.8) is 0 Å². The summed E-state index contributed by atoms with van der Waals surface area (Å²) in [6.07, 6.45) is 12.0. The topological polar surface area (TPSA) is 46.3 Å². The van der Waals surface area contributed by atoms with E-state index in [4.69, 9.17) is 12.2 Å². The first-order chi connectivity index (χ1) is 9.11. The van der Waals surface area contributed by atoms with Crippen LogP contribution >= 0.6 is 0 Å². The molecule has 0 atom stereocenters. The van der Waals surface area contributed by atoms with E-state index in [0.717, 1.165) is 38.1 Å². The molecule has 0 unspecified atom stereocenters. The van der Waals surface area contributed by atoms with Gasteiger partial charge in [0.1, 0.15) is 0 Å². The SMILES string of the molecule is C#CCN(CC1CC1)C(=O)C1(CN)CCC(C)CC1. The van der Waals surface area contributed by atoms with Gasteiger partial charge in [0, 0.05) is 13.1 Å². The predicted octanol–water partition coefficient (Wildman–Crippen LogP) is 2.01. The van der Waals surface area contributed by atoms with E-state index in [1.165, 1.54) is 12.8 Å². The Kier molecular flexibility index (Phi) is 4.52. The molecule has 0 saturated heterocycles. The minimum absolute atomic E-state index is 0.215. The Bertz CT molecular complexity index is 359. The molecule has 0 spiro atoms. The maximum atomic E-state index is 12.9. The fraction of sp³-hybridized carbons (Fsp3) is 0.812. The molecule has 2 rings (SSSR count). The van der Waals surface area contributed by atoms with Gasteiger partial charge >= 0.3 is 0 Å². The van der Waals surface area contributed by atoms with E-state index in [9.17, 15) is 4.79 Å². The Hall–Kier alpha value is -1.01. The van der Waals surface area contributed by atoms with E-state index in [1.54, 1.807) is 0 Å². The first-order valence-corrected chi connectivity index (χ1v) is 7.54. The number of carbonyl (C=O) groups is 1. The van der Waals surface area contributed by atoms with Crippen molar-refractivity contribution in [3.8, 4) is 12.3 Å². The standard InChI is InChI=1S/C16H26N2O/c1-3-10-18(11-14-4-5-14)15(19)16(12-17)8-6-13(2)7-9-16/h1,13-14H,4-12,17H2,2H3. The van der Waals surface area contributed by atoms with Crippen molar-refractivity contribution in [3.05, 3.63) is 0 Å². The van der Waals surface area contributed by atoms with Crippen LogP contribution in [0.3, 0.4) is 0 Å². The molecule has 3 heteroatoms. The number of hydrogen-bond acceptors (Lipinski definition) is 2. The van der Waals surface area contributed by atoms with Crippen molar-refractivity contribution < 1.29 is 4.79 Å². The van der Waals surface area contributed by atoms with Gasteiger partial charge in [-0.2, -0.15) is 0 Å². The fourth-order valence-corrected chi connectivity index (χ4v) is 3.10. The zero-order valence-electron chi connectivity index (χ0n) is 12.0. The maximum absolute atomic E-state index is 12.9. The lowest BCUT2D eigenvalue weighted by molar-refractivity contribution is -0.143. The van der Waals surface area contributed by atoms with Gasteiger partial charge in [0.2, 0.25) is 5.91 Å². The van der Waals surface area contributed by atoms with Crippen LogP contribution in [0.4, 0.5) is 0 Å². The first kappa shape index (κ1) is 14.4. The Balaban J connectivity index is 2.06. The van der Waals surface area contributed by atoms with E-state index < -0.39 is 0 Å². The van der Waals surface area contributed by atoms with Gasteiger partial charge in [-0.05, 0) is 50.4 Å². The third-order valence-corrected chi connectivity index (χ3v) is 4.82. The second-order valence-electron chi connectivity index (χ2n) is 6.50. The normalized spacial score (nSPS) is 30.7. The highest BCUT2D eigenvalue weighted by Crippen LogP contribution is 2.40. The number of hydrogen-bond donors (Lipinski definition) is 1. The molecule has 2 aliphatic carbocycles. The van der Waals surface area contributed by atoms with Crippen molar-refractivity contribution >= 4 is 5.91 Å². The van der Waals surface area contributed by atoms with Crippen LogP contribution in [0.15, 0.2) is 0 Å². The number of amides is 1. The van der Waals surface area contributed by atoms with E-state index in [1.807, 2.05) is 4.90 Å². The molecule has 0 aromatic rings. The van der Waals surface area contributed by atoms with Crippen LogP contribution in [0.25, 0.3) is 0 Å². The van der Waals surface area contributed by atoms with E-state index in [0.29, 0.717) is 19.0 Å². The van der Waals surface area contributed by atoms with Crippen LogP contribution in [-0.2, 0) is 4.79 Å². The Morgan fingerprint density at radius 2 is 2.00 bits per heavy atom. The van der Waals surface area contributed by atoms with Crippen LogP contribution < -0.4 is 5.73 Å². The minimum atomic E-state index is -0.335. The molecular weight excluding hydrogens is 236 g/mol. The van der Waals surface area contributed by atoms with Crippen LogP contribution in [-0.4, -0.2) is 30.4 Å². The zero-order valence-corrected chi connectivity index (χ0v) is 12.0.